The molecule has 2 N–H and O–H groups in total. The molecule has 0 amide bonds. The average molecular weight is 312 g/mol. The number of nitrogens with one attached hydrogen (secondary N) is 2. The van der Waals surface area contributed by atoms with Crippen molar-refractivity contribution in [3.63, 3.8) is 0 Å². The van der Waals surface area contributed by atoms with Gasteiger partial charge in [0.2, 0.25) is 10.0 Å². The summed E-state index contributed by atoms with van der Waals surface area (Å²) in [5.41, 5.74) is 0.992. The fourth-order valence-electron chi connectivity index (χ4n) is 2.09. The highest BCUT2D eigenvalue weighted by Gasteiger charge is 2.38. The summed E-state index contributed by atoms with van der Waals surface area (Å²) in [5.74, 6) is 0.722. The Hall–Kier alpha value is -1.11. The van der Waals surface area contributed by atoms with E-state index in [0.717, 1.165) is 24.2 Å². The molecule has 0 heterocycles. The van der Waals surface area contributed by atoms with Gasteiger partial charge in [-0.25, -0.2) is 13.1 Å². The van der Waals surface area contributed by atoms with Gasteiger partial charge in [-0.15, -0.1) is 0 Å². The van der Waals surface area contributed by atoms with Crippen LogP contribution < -0.4 is 14.8 Å². The number of benzene rings is 1. The van der Waals surface area contributed by atoms with E-state index in [2.05, 4.69) is 17.0 Å². The lowest BCUT2D eigenvalue weighted by Gasteiger charge is -2.14. The minimum atomic E-state index is -3.46. The van der Waals surface area contributed by atoms with Crippen molar-refractivity contribution < 1.29 is 13.2 Å². The molecular weight excluding hydrogens is 288 g/mol. The summed E-state index contributed by atoms with van der Waals surface area (Å²) in [7, 11) is -1.64. The second kappa shape index (κ2) is 6.34. The van der Waals surface area contributed by atoms with Gasteiger partial charge in [0.1, 0.15) is 5.75 Å². The first kappa shape index (κ1) is 16.3. The van der Waals surface area contributed by atoms with E-state index in [4.69, 9.17) is 4.74 Å². The van der Waals surface area contributed by atoms with E-state index in [1.165, 1.54) is 0 Å². The third-order valence-corrected chi connectivity index (χ3v) is 5.20. The van der Waals surface area contributed by atoms with Crippen LogP contribution in [0.5, 0.6) is 5.75 Å². The maximum Gasteiger partial charge on any atom is 0.240 e. The first-order valence-electron chi connectivity index (χ1n) is 7.30. The summed E-state index contributed by atoms with van der Waals surface area (Å²) < 4.78 is 33.0. The normalized spacial score (nSPS) is 16.7. The van der Waals surface area contributed by atoms with Gasteiger partial charge in [-0.3, -0.25) is 0 Å². The van der Waals surface area contributed by atoms with Crippen molar-refractivity contribution >= 4 is 10.0 Å². The van der Waals surface area contributed by atoms with Crippen LogP contribution >= 0.6 is 0 Å². The molecule has 0 radical (unpaired) electrons. The van der Waals surface area contributed by atoms with Gasteiger partial charge in [-0.05, 0) is 50.4 Å². The third kappa shape index (κ3) is 4.18. The lowest BCUT2D eigenvalue weighted by Crippen LogP contribution is -2.29. The Balaban J connectivity index is 2.19. The maximum atomic E-state index is 12.4. The van der Waals surface area contributed by atoms with Gasteiger partial charge < -0.3 is 10.1 Å². The molecule has 0 aliphatic heterocycles. The molecular formula is C15H24N2O3S. The maximum absolute atomic E-state index is 12.4. The topological polar surface area (TPSA) is 67.4 Å². The molecule has 0 unspecified atom stereocenters. The third-order valence-electron chi connectivity index (χ3n) is 3.80. The first-order valence-corrected chi connectivity index (χ1v) is 8.78. The standard InChI is InChI=1S/C15H24N2O3S/c1-4-20-14-6-5-13(9-12(14)10-16-3)21(18,19)17-11-15(2)7-8-15/h5-6,9,16-17H,4,7-8,10-11H2,1-3H3. The Kier molecular flexibility index (Phi) is 4.91. The highest BCUT2D eigenvalue weighted by molar-refractivity contribution is 7.89. The van der Waals surface area contributed by atoms with Gasteiger partial charge in [-0.1, -0.05) is 6.92 Å². The molecule has 6 heteroatoms. The van der Waals surface area contributed by atoms with Crippen molar-refractivity contribution in [3.8, 4) is 5.75 Å². The predicted octanol–water partition coefficient (Wildman–Crippen LogP) is 1.88. The summed E-state index contributed by atoms with van der Waals surface area (Å²) >= 11 is 0. The fourth-order valence-corrected chi connectivity index (χ4v) is 3.34. The van der Waals surface area contributed by atoms with Gasteiger partial charge in [0, 0.05) is 18.7 Å². The molecule has 0 spiro atoms. The van der Waals surface area contributed by atoms with Gasteiger partial charge >= 0.3 is 0 Å². The van der Waals surface area contributed by atoms with Crippen molar-refractivity contribution in [3.05, 3.63) is 23.8 Å². The van der Waals surface area contributed by atoms with Crippen LogP contribution in [0.25, 0.3) is 0 Å². The smallest absolute Gasteiger partial charge is 0.240 e. The van der Waals surface area contributed by atoms with Gasteiger partial charge in [-0.2, -0.15) is 0 Å². The van der Waals surface area contributed by atoms with Gasteiger partial charge in [0.15, 0.2) is 0 Å². The second-order valence-electron chi connectivity index (χ2n) is 5.87. The molecule has 1 aromatic rings. The van der Waals surface area contributed by atoms with E-state index in [-0.39, 0.29) is 5.41 Å². The summed E-state index contributed by atoms with van der Waals surface area (Å²) in [6.45, 7) is 5.63. The zero-order valence-electron chi connectivity index (χ0n) is 12.9. The average Bonchev–Trinajstić information content (AvgIpc) is 3.18. The van der Waals surface area contributed by atoms with E-state index < -0.39 is 10.0 Å². The summed E-state index contributed by atoms with van der Waals surface area (Å²) in [4.78, 5) is 0.292. The van der Waals surface area contributed by atoms with E-state index in [1.807, 2.05) is 14.0 Å². The van der Waals surface area contributed by atoms with E-state index in [0.29, 0.717) is 24.6 Å². The Bertz CT molecular complexity index is 595. The number of hydrogen-bond donors (Lipinski definition) is 2. The van der Waals surface area contributed by atoms with Gasteiger partial charge in [0.25, 0.3) is 0 Å². The molecule has 0 atom stereocenters. The highest BCUT2D eigenvalue weighted by Crippen LogP contribution is 2.44. The van der Waals surface area contributed by atoms with Crippen LogP contribution in [-0.2, 0) is 16.6 Å². The summed E-state index contributed by atoms with van der Waals surface area (Å²) in [6, 6.07) is 5.00. The Labute approximate surface area is 127 Å². The molecule has 2 rings (SSSR count). The van der Waals surface area contributed by atoms with Crippen molar-refractivity contribution in [2.75, 3.05) is 20.2 Å². The second-order valence-corrected chi connectivity index (χ2v) is 7.64. The molecule has 0 saturated heterocycles. The molecule has 21 heavy (non-hydrogen) atoms. The van der Waals surface area contributed by atoms with E-state index in [1.54, 1.807) is 18.2 Å². The quantitative estimate of drug-likeness (QED) is 0.769. The highest BCUT2D eigenvalue weighted by atomic mass is 32.2. The van der Waals surface area contributed by atoms with Crippen molar-refractivity contribution in [2.24, 2.45) is 5.41 Å². The van der Waals surface area contributed by atoms with Crippen molar-refractivity contribution in [2.45, 2.75) is 38.1 Å². The molecule has 0 aromatic heterocycles. The zero-order chi connectivity index (χ0) is 15.5. The molecule has 0 bridgehead atoms. The van der Waals surface area contributed by atoms with Crippen LogP contribution in [0.1, 0.15) is 32.3 Å². The molecule has 1 aliphatic carbocycles. The van der Waals surface area contributed by atoms with Crippen LogP contribution in [0.4, 0.5) is 0 Å². The molecule has 1 saturated carbocycles. The minimum absolute atomic E-state index is 0.145. The fraction of sp³-hybridized carbons (Fsp3) is 0.600. The zero-order valence-corrected chi connectivity index (χ0v) is 13.7. The predicted molar refractivity (Wildman–Crippen MR) is 82.9 cm³/mol. The molecule has 5 nitrogen and oxygen atoms in total. The van der Waals surface area contributed by atoms with Crippen LogP contribution in [0, 0.1) is 5.41 Å². The SMILES string of the molecule is CCOc1ccc(S(=O)(=O)NCC2(C)CC2)cc1CNC. The molecule has 118 valence electrons. The number of ether oxygens (including phenoxy) is 1. The van der Waals surface area contributed by atoms with Crippen molar-refractivity contribution in [1.29, 1.82) is 0 Å². The largest absolute Gasteiger partial charge is 0.494 e. The Morgan fingerprint density at radius 1 is 1.33 bits per heavy atom. The number of hydrogen-bond acceptors (Lipinski definition) is 4. The van der Waals surface area contributed by atoms with Crippen LogP contribution in [0.2, 0.25) is 0 Å². The van der Waals surface area contributed by atoms with Crippen LogP contribution in [0.15, 0.2) is 23.1 Å². The van der Waals surface area contributed by atoms with Crippen LogP contribution in [0.3, 0.4) is 0 Å². The molecule has 1 aromatic carbocycles. The Morgan fingerprint density at radius 2 is 2.05 bits per heavy atom. The molecule has 1 fully saturated rings. The first-order chi connectivity index (χ1) is 9.90. The summed E-state index contributed by atoms with van der Waals surface area (Å²) in [6.07, 6.45) is 2.17. The van der Waals surface area contributed by atoms with Crippen LogP contribution in [-0.4, -0.2) is 28.6 Å². The Morgan fingerprint density at radius 3 is 2.62 bits per heavy atom. The minimum Gasteiger partial charge on any atom is -0.494 e. The van der Waals surface area contributed by atoms with Gasteiger partial charge in [0.05, 0.1) is 11.5 Å². The van der Waals surface area contributed by atoms with Crippen molar-refractivity contribution in [1.82, 2.24) is 10.0 Å². The van der Waals surface area contributed by atoms with E-state index in [9.17, 15) is 8.42 Å². The number of sulfonamides is 1. The summed E-state index contributed by atoms with van der Waals surface area (Å²) in [5, 5.41) is 3.03. The monoisotopic (exact) mass is 312 g/mol. The molecule has 1 aliphatic rings. The number of rotatable bonds is 8. The van der Waals surface area contributed by atoms with E-state index >= 15 is 0 Å². The lowest BCUT2D eigenvalue weighted by atomic mass is 10.2. The lowest BCUT2D eigenvalue weighted by molar-refractivity contribution is 0.335.